The normalized spacial score (nSPS) is 11.0. The van der Waals surface area contributed by atoms with Crippen LogP contribution in [0, 0.1) is 0 Å². The average molecular weight is 310 g/mol. The predicted molar refractivity (Wildman–Crippen MR) is 89.9 cm³/mol. The van der Waals surface area contributed by atoms with Gasteiger partial charge in [0.2, 0.25) is 0 Å². The molecule has 1 aromatic carbocycles. The third-order valence-electron chi connectivity index (χ3n) is 3.60. The summed E-state index contributed by atoms with van der Waals surface area (Å²) in [6.45, 7) is 10.5. The molecule has 5 heteroatoms. The van der Waals surface area contributed by atoms with Gasteiger partial charge >= 0.3 is 0 Å². The van der Waals surface area contributed by atoms with Crippen molar-refractivity contribution in [1.82, 2.24) is 10.2 Å². The molecule has 0 unspecified atom stereocenters. The molecule has 0 heterocycles. The maximum Gasteiger partial charge on any atom is 0.161 e. The largest absolute Gasteiger partial charge is 0.493 e. The van der Waals surface area contributed by atoms with Crippen molar-refractivity contribution >= 4 is 0 Å². The van der Waals surface area contributed by atoms with Crippen LogP contribution in [0.2, 0.25) is 0 Å². The third-order valence-corrected chi connectivity index (χ3v) is 3.60. The smallest absolute Gasteiger partial charge is 0.161 e. The molecule has 126 valence electrons. The fourth-order valence-corrected chi connectivity index (χ4v) is 2.19. The number of nitrogens with zero attached hydrogens (tertiary/aromatic N) is 1. The Morgan fingerprint density at radius 3 is 2.45 bits per heavy atom. The zero-order valence-corrected chi connectivity index (χ0v) is 14.4. The van der Waals surface area contributed by atoms with E-state index in [-0.39, 0.29) is 0 Å². The van der Waals surface area contributed by atoms with Crippen molar-refractivity contribution in [2.45, 2.75) is 20.4 Å². The Morgan fingerprint density at radius 1 is 1.05 bits per heavy atom. The van der Waals surface area contributed by atoms with Crippen LogP contribution in [-0.4, -0.2) is 58.5 Å². The van der Waals surface area contributed by atoms with Crippen molar-refractivity contribution in [3.8, 4) is 11.5 Å². The molecule has 0 bridgehead atoms. The van der Waals surface area contributed by atoms with E-state index in [1.165, 1.54) is 5.56 Å². The molecule has 0 spiro atoms. The topological polar surface area (TPSA) is 43.0 Å². The van der Waals surface area contributed by atoms with Gasteiger partial charge in [0.25, 0.3) is 0 Å². The summed E-state index contributed by atoms with van der Waals surface area (Å²) in [6, 6.07) is 6.04. The highest BCUT2D eigenvalue weighted by Gasteiger charge is 2.06. The summed E-state index contributed by atoms with van der Waals surface area (Å²) in [5.41, 5.74) is 1.19. The molecule has 0 aromatic heterocycles. The average Bonchev–Trinajstić information content (AvgIpc) is 2.56. The summed E-state index contributed by atoms with van der Waals surface area (Å²) in [5.74, 6) is 1.52. The highest BCUT2D eigenvalue weighted by molar-refractivity contribution is 5.42. The molecule has 0 radical (unpaired) electrons. The third kappa shape index (κ3) is 6.64. The maximum absolute atomic E-state index is 5.63. The molecule has 0 aliphatic rings. The molecule has 0 aliphatic heterocycles. The highest BCUT2D eigenvalue weighted by Crippen LogP contribution is 2.27. The molecule has 0 saturated carbocycles. The van der Waals surface area contributed by atoms with E-state index in [0.29, 0.717) is 13.2 Å². The molecule has 1 aromatic rings. The lowest BCUT2D eigenvalue weighted by molar-refractivity contribution is 0.144. The van der Waals surface area contributed by atoms with Gasteiger partial charge in [-0.15, -0.1) is 0 Å². The molecular weight excluding hydrogens is 280 g/mol. The van der Waals surface area contributed by atoms with Crippen LogP contribution in [0.4, 0.5) is 0 Å². The van der Waals surface area contributed by atoms with E-state index in [2.05, 4.69) is 30.1 Å². The number of methoxy groups -OCH3 is 2. The van der Waals surface area contributed by atoms with Gasteiger partial charge in [0.1, 0.15) is 6.61 Å². The SMILES string of the molecule is CCN(CC)CCNCc1ccc(OCCOC)c(OC)c1. The van der Waals surface area contributed by atoms with Gasteiger partial charge in [-0.1, -0.05) is 19.9 Å². The van der Waals surface area contributed by atoms with Crippen LogP contribution in [0.25, 0.3) is 0 Å². The number of benzene rings is 1. The number of rotatable bonds is 12. The fourth-order valence-electron chi connectivity index (χ4n) is 2.19. The molecule has 0 fully saturated rings. The highest BCUT2D eigenvalue weighted by atomic mass is 16.5. The van der Waals surface area contributed by atoms with Crippen molar-refractivity contribution in [2.75, 3.05) is 53.6 Å². The molecule has 1 rings (SSSR count). The summed E-state index contributed by atoms with van der Waals surface area (Å²) in [4.78, 5) is 2.40. The summed E-state index contributed by atoms with van der Waals surface area (Å²) in [7, 11) is 3.32. The van der Waals surface area contributed by atoms with Crippen LogP contribution in [0.1, 0.15) is 19.4 Å². The maximum atomic E-state index is 5.63. The Balaban J connectivity index is 2.44. The Hall–Kier alpha value is -1.30. The molecule has 5 nitrogen and oxygen atoms in total. The first kappa shape index (κ1) is 18.7. The van der Waals surface area contributed by atoms with E-state index in [1.54, 1.807) is 14.2 Å². The lowest BCUT2D eigenvalue weighted by atomic mass is 10.2. The zero-order chi connectivity index (χ0) is 16.2. The molecule has 0 saturated heterocycles. The molecule has 0 aliphatic carbocycles. The van der Waals surface area contributed by atoms with Gasteiger partial charge in [-0.25, -0.2) is 0 Å². The van der Waals surface area contributed by atoms with Crippen LogP contribution >= 0.6 is 0 Å². The van der Waals surface area contributed by atoms with E-state index in [4.69, 9.17) is 14.2 Å². The summed E-state index contributed by atoms with van der Waals surface area (Å²) < 4.78 is 16.0. The molecule has 0 amide bonds. The Labute approximate surface area is 134 Å². The van der Waals surface area contributed by atoms with Gasteiger partial charge in [-0.2, -0.15) is 0 Å². The molecule has 0 atom stereocenters. The summed E-state index contributed by atoms with van der Waals surface area (Å²) in [6.07, 6.45) is 0. The lowest BCUT2D eigenvalue weighted by Gasteiger charge is -2.18. The van der Waals surface area contributed by atoms with E-state index >= 15 is 0 Å². The lowest BCUT2D eigenvalue weighted by Crippen LogP contribution is -2.31. The Kier molecular flexibility index (Phi) is 9.62. The van der Waals surface area contributed by atoms with Gasteiger partial charge in [-0.05, 0) is 30.8 Å². The van der Waals surface area contributed by atoms with Crippen LogP contribution in [-0.2, 0) is 11.3 Å². The quantitative estimate of drug-likeness (QED) is 0.599. The first-order valence-electron chi connectivity index (χ1n) is 7.96. The minimum atomic E-state index is 0.522. The van der Waals surface area contributed by atoms with Crippen molar-refractivity contribution in [3.05, 3.63) is 23.8 Å². The van der Waals surface area contributed by atoms with E-state index < -0.39 is 0 Å². The molecule has 1 N–H and O–H groups in total. The van der Waals surface area contributed by atoms with Gasteiger partial charge in [-0.3, -0.25) is 0 Å². The minimum Gasteiger partial charge on any atom is -0.493 e. The first-order chi connectivity index (χ1) is 10.7. The Bertz CT molecular complexity index is 409. The first-order valence-corrected chi connectivity index (χ1v) is 7.96. The number of hydrogen-bond donors (Lipinski definition) is 1. The second kappa shape index (κ2) is 11.3. The Morgan fingerprint density at radius 2 is 1.82 bits per heavy atom. The standard InChI is InChI=1S/C17H30N2O3/c1-5-19(6-2)10-9-18-14-15-7-8-16(17(13-15)21-4)22-12-11-20-3/h7-8,13,18H,5-6,9-12,14H2,1-4H3. The molecular formula is C17H30N2O3. The van der Waals surface area contributed by atoms with Crippen LogP contribution in [0.3, 0.4) is 0 Å². The number of hydrogen-bond acceptors (Lipinski definition) is 5. The fraction of sp³-hybridized carbons (Fsp3) is 0.647. The van der Waals surface area contributed by atoms with Gasteiger partial charge < -0.3 is 24.4 Å². The minimum absolute atomic E-state index is 0.522. The molecule has 22 heavy (non-hydrogen) atoms. The van der Waals surface area contributed by atoms with E-state index in [0.717, 1.165) is 44.2 Å². The van der Waals surface area contributed by atoms with Gasteiger partial charge in [0.05, 0.1) is 13.7 Å². The number of ether oxygens (including phenoxy) is 3. The number of likely N-dealkylation sites (N-methyl/N-ethyl adjacent to an activating group) is 1. The van der Waals surface area contributed by atoms with Crippen molar-refractivity contribution in [1.29, 1.82) is 0 Å². The van der Waals surface area contributed by atoms with Crippen molar-refractivity contribution in [3.63, 3.8) is 0 Å². The van der Waals surface area contributed by atoms with Gasteiger partial charge in [0, 0.05) is 26.7 Å². The van der Waals surface area contributed by atoms with Crippen LogP contribution < -0.4 is 14.8 Å². The summed E-state index contributed by atoms with van der Waals surface area (Å²) in [5, 5.41) is 3.47. The second-order valence-corrected chi connectivity index (χ2v) is 5.03. The second-order valence-electron chi connectivity index (χ2n) is 5.03. The van der Waals surface area contributed by atoms with E-state index in [9.17, 15) is 0 Å². The zero-order valence-electron chi connectivity index (χ0n) is 14.4. The van der Waals surface area contributed by atoms with E-state index in [1.807, 2.05) is 12.1 Å². The number of nitrogens with one attached hydrogen (secondary N) is 1. The van der Waals surface area contributed by atoms with Crippen molar-refractivity contribution < 1.29 is 14.2 Å². The van der Waals surface area contributed by atoms with Gasteiger partial charge in [0.15, 0.2) is 11.5 Å². The van der Waals surface area contributed by atoms with Crippen molar-refractivity contribution in [2.24, 2.45) is 0 Å². The monoisotopic (exact) mass is 310 g/mol. The van der Waals surface area contributed by atoms with Crippen LogP contribution in [0.15, 0.2) is 18.2 Å². The summed E-state index contributed by atoms with van der Waals surface area (Å²) >= 11 is 0. The van der Waals surface area contributed by atoms with Crippen LogP contribution in [0.5, 0.6) is 11.5 Å². The predicted octanol–water partition coefficient (Wildman–Crippen LogP) is 2.15.